The highest BCUT2D eigenvalue weighted by atomic mass is 32.2. The summed E-state index contributed by atoms with van der Waals surface area (Å²) >= 11 is 1.11. The molecule has 0 saturated heterocycles. The number of amides is 1. The number of thiophene rings is 1. The van der Waals surface area contributed by atoms with Crippen LogP contribution >= 0.6 is 11.3 Å². The third-order valence-electron chi connectivity index (χ3n) is 5.24. The number of likely N-dealkylation sites (N-methyl/N-ethyl adjacent to an activating group) is 1. The van der Waals surface area contributed by atoms with Crippen molar-refractivity contribution in [3.05, 3.63) is 41.3 Å². The van der Waals surface area contributed by atoms with Crippen molar-refractivity contribution in [1.29, 1.82) is 0 Å². The Balaban J connectivity index is 2.09. The summed E-state index contributed by atoms with van der Waals surface area (Å²) in [5, 5.41) is 11.4. The van der Waals surface area contributed by atoms with E-state index in [9.17, 15) is 18.3 Å². The predicted octanol–water partition coefficient (Wildman–Crippen LogP) is 2.33. The van der Waals surface area contributed by atoms with Gasteiger partial charge in [-0.3, -0.25) is 9.52 Å². The minimum absolute atomic E-state index is 0.0459. The highest BCUT2D eigenvalue weighted by molar-refractivity contribution is 7.94. The van der Waals surface area contributed by atoms with Gasteiger partial charge in [0.1, 0.15) is 10.3 Å². The van der Waals surface area contributed by atoms with Crippen LogP contribution in [-0.4, -0.2) is 75.2 Å². The molecule has 3 rings (SSSR count). The average molecular weight is 468 g/mol. The fourth-order valence-corrected chi connectivity index (χ4v) is 5.57. The Bertz CT molecular complexity index is 1010. The molecule has 10 heteroatoms. The standard InChI is InChI=1S/C21H29N3O5S2/c1-14-11-24(15(2)13-25)21(26)16-7-5-8-17(20(16)29-18(14)12-23(3)4)22-31(27,28)19-9-6-10-30-19/h5-10,14-15,18,22,25H,11-13H2,1-4H3/t14-,15-,18+/m1/s1. The van der Waals surface area contributed by atoms with Crippen LogP contribution in [0.5, 0.6) is 5.75 Å². The summed E-state index contributed by atoms with van der Waals surface area (Å²) in [5.41, 5.74) is 0.482. The number of fused-ring (bicyclic) bond motifs is 1. The summed E-state index contributed by atoms with van der Waals surface area (Å²) in [6.07, 6.45) is -0.289. The van der Waals surface area contributed by atoms with Crippen molar-refractivity contribution in [1.82, 2.24) is 9.80 Å². The van der Waals surface area contributed by atoms with E-state index in [1.807, 2.05) is 25.9 Å². The molecule has 1 aliphatic rings. The van der Waals surface area contributed by atoms with Crippen molar-refractivity contribution in [3.63, 3.8) is 0 Å². The van der Waals surface area contributed by atoms with Crippen molar-refractivity contribution in [2.45, 2.75) is 30.2 Å². The van der Waals surface area contributed by atoms with Crippen LogP contribution in [0.25, 0.3) is 0 Å². The molecule has 0 radical (unpaired) electrons. The van der Waals surface area contributed by atoms with Gasteiger partial charge in [-0.15, -0.1) is 11.3 Å². The first kappa shape index (κ1) is 23.5. The molecule has 31 heavy (non-hydrogen) atoms. The molecule has 3 atom stereocenters. The SMILES string of the molecule is C[C@@H]1CN([C@H](C)CO)C(=O)c2cccc(NS(=O)(=O)c3cccs3)c2O[C@H]1CN(C)C. The third-order valence-corrected chi connectivity index (χ3v) is 8.00. The zero-order chi connectivity index (χ0) is 22.8. The largest absolute Gasteiger partial charge is 0.486 e. The molecule has 0 fully saturated rings. The lowest BCUT2D eigenvalue weighted by atomic mass is 9.99. The summed E-state index contributed by atoms with van der Waals surface area (Å²) < 4.78 is 34.7. The summed E-state index contributed by atoms with van der Waals surface area (Å²) in [6.45, 7) is 4.61. The summed E-state index contributed by atoms with van der Waals surface area (Å²) in [7, 11) is 0.0446. The summed E-state index contributed by atoms with van der Waals surface area (Å²) in [6, 6.07) is 7.65. The molecule has 1 aromatic heterocycles. The van der Waals surface area contributed by atoms with Gasteiger partial charge in [0.15, 0.2) is 5.75 Å². The van der Waals surface area contributed by atoms with Crippen molar-refractivity contribution >= 4 is 33.0 Å². The second kappa shape index (κ2) is 9.56. The van der Waals surface area contributed by atoms with Crippen LogP contribution in [0, 0.1) is 5.92 Å². The van der Waals surface area contributed by atoms with Gasteiger partial charge in [0.2, 0.25) is 0 Å². The Morgan fingerprint density at radius 3 is 2.68 bits per heavy atom. The number of nitrogens with one attached hydrogen (secondary N) is 1. The molecule has 1 amide bonds. The maximum Gasteiger partial charge on any atom is 0.271 e. The quantitative estimate of drug-likeness (QED) is 0.649. The van der Waals surface area contributed by atoms with E-state index >= 15 is 0 Å². The number of anilines is 1. The van der Waals surface area contributed by atoms with Gasteiger partial charge < -0.3 is 19.6 Å². The zero-order valence-corrected chi connectivity index (χ0v) is 19.7. The molecule has 2 heterocycles. The first-order valence-corrected chi connectivity index (χ1v) is 12.4. The molecule has 8 nitrogen and oxygen atoms in total. The molecule has 0 bridgehead atoms. The molecule has 0 saturated carbocycles. The van der Waals surface area contributed by atoms with Gasteiger partial charge in [-0.05, 0) is 44.6 Å². The van der Waals surface area contributed by atoms with Gasteiger partial charge in [0.05, 0.1) is 23.9 Å². The van der Waals surface area contributed by atoms with Crippen molar-refractivity contribution in [2.75, 3.05) is 38.5 Å². The van der Waals surface area contributed by atoms with Crippen LogP contribution in [-0.2, 0) is 10.0 Å². The lowest BCUT2D eigenvalue weighted by Crippen LogP contribution is -2.49. The van der Waals surface area contributed by atoms with Crippen molar-refractivity contribution in [3.8, 4) is 5.75 Å². The first-order valence-electron chi connectivity index (χ1n) is 10.1. The number of hydrogen-bond donors (Lipinski definition) is 2. The molecule has 170 valence electrons. The Hall–Kier alpha value is -2.14. The van der Waals surface area contributed by atoms with Crippen LogP contribution in [0.3, 0.4) is 0 Å². The Labute approximate surface area is 187 Å². The second-order valence-electron chi connectivity index (χ2n) is 8.10. The average Bonchev–Trinajstić information content (AvgIpc) is 3.26. The van der Waals surface area contributed by atoms with E-state index in [4.69, 9.17) is 4.74 Å². The maximum absolute atomic E-state index is 13.4. The van der Waals surface area contributed by atoms with Crippen LogP contribution in [0.15, 0.2) is 39.9 Å². The van der Waals surface area contributed by atoms with E-state index in [1.165, 1.54) is 6.07 Å². The van der Waals surface area contributed by atoms with Gasteiger partial charge in [0, 0.05) is 19.0 Å². The van der Waals surface area contributed by atoms with Gasteiger partial charge in [-0.2, -0.15) is 0 Å². The van der Waals surface area contributed by atoms with Crippen molar-refractivity contribution < 1.29 is 23.1 Å². The molecule has 0 aliphatic carbocycles. The molecule has 2 aromatic rings. The summed E-state index contributed by atoms with van der Waals surface area (Å²) in [5.74, 6) is -0.138. The number of aliphatic hydroxyl groups is 1. The minimum Gasteiger partial charge on any atom is -0.486 e. The number of sulfonamides is 1. The van der Waals surface area contributed by atoms with E-state index in [0.29, 0.717) is 13.1 Å². The van der Waals surface area contributed by atoms with E-state index in [-0.39, 0.29) is 51.8 Å². The highest BCUT2D eigenvalue weighted by Gasteiger charge is 2.34. The van der Waals surface area contributed by atoms with Gasteiger partial charge in [-0.1, -0.05) is 19.1 Å². The molecular weight excluding hydrogens is 438 g/mol. The number of nitrogens with zero attached hydrogens (tertiary/aromatic N) is 2. The number of hydrogen-bond acceptors (Lipinski definition) is 7. The van der Waals surface area contributed by atoms with Crippen LogP contribution in [0.4, 0.5) is 5.69 Å². The van der Waals surface area contributed by atoms with Gasteiger partial charge >= 0.3 is 0 Å². The molecule has 2 N–H and O–H groups in total. The molecule has 1 aromatic carbocycles. The fraction of sp³-hybridized carbons (Fsp3) is 0.476. The second-order valence-corrected chi connectivity index (χ2v) is 11.0. The zero-order valence-electron chi connectivity index (χ0n) is 18.1. The number of benzene rings is 1. The summed E-state index contributed by atoms with van der Waals surface area (Å²) in [4.78, 5) is 17.0. The highest BCUT2D eigenvalue weighted by Crippen LogP contribution is 2.36. The predicted molar refractivity (Wildman–Crippen MR) is 121 cm³/mol. The van der Waals surface area contributed by atoms with E-state index in [1.54, 1.807) is 41.5 Å². The lowest BCUT2D eigenvalue weighted by Gasteiger charge is -2.38. The van der Waals surface area contributed by atoms with E-state index in [0.717, 1.165) is 11.3 Å². The number of carbonyl (C=O) groups excluding carboxylic acids is 1. The number of ether oxygens (including phenoxy) is 1. The number of rotatable bonds is 7. The Morgan fingerprint density at radius 2 is 2.06 bits per heavy atom. The molecule has 0 unspecified atom stereocenters. The molecular formula is C21H29N3O5S2. The fourth-order valence-electron chi connectivity index (χ4n) is 3.51. The van der Waals surface area contributed by atoms with Crippen LogP contribution in [0.1, 0.15) is 24.2 Å². The normalized spacial score (nSPS) is 20.6. The molecule has 0 spiro atoms. The van der Waals surface area contributed by atoms with Crippen LogP contribution in [0.2, 0.25) is 0 Å². The third kappa shape index (κ3) is 5.20. The van der Waals surface area contributed by atoms with E-state index in [2.05, 4.69) is 4.72 Å². The maximum atomic E-state index is 13.4. The van der Waals surface area contributed by atoms with Crippen molar-refractivity contribution in [2.24, 2.45) is 5.92 Å². The number of aliphatic hydroxyl groups excluding tert-OH is 1. The Morgan fingerprint density at radius 1 is 1.32 bits per heavy atom. The minimum atomic E-state index is -3.82. The molecule has 1 aliphatic heterocycles. The van der Waals surface area contributed by atoms with E-state index < -0.39 is 10.0 Å². The van der Waals surface area contributed by atoms with Crippen LogP contribution < -0.4 is 9.46 Å². The lowest BCUT2D eigenvalue weighted by molar-refractivity contribution is 0.0366. The number of para-hydroxylation sites is 1. The van der Waals surface area contributed by atoms with Gasteiger partial charge in [0.25, 0.3) is 15.9 Å². The topological polar surface area (TPSA) is 99.2 Å². The Kier molecular flexibility index (Phi) is 7.25. The smallest absolute Gasteiger partial charge is 0.271 e. The number of carbonyl (C=O) groups is 1. The first-order chi connectivity index (χ1) is 14.6. The van der Waals surface area contributed by atoms with Gasteiger partial charge in [-0.25, -0.2) is 8.42 Å². The monoisotopic (exact) mass is 467 g/mol.